The Kier molecular flexibility index (Phi) is 8.07. The number of hydrogen-bond acceptors (Lipinski definition) is 5. The second kappa shape index (κ2) is 9.81. The number of halogens is 1. The Morgan fingerprint density at radius 2 is 1.92 bits per heavy atom. The van der Waals surface area contributed by atoms with Crippen LogP contribution in [-0.2, 0) is 20.8 Å². The molecule has 7 nitrogen and oxygen atoms in total. The van der Waals surface area contributed by atoms with Gasteiger partial charge in [-0.2, -0.15) is 0 Å². The second-order valence-electron chi connectivity index (χ2n) is 5.81. The lowest BCUT2D eigenvalue weighted by Gasteiger charge is -2.40. The van der Waals surface area contributed by atoms with E-state index in [1.54, 1.807) is 0 Å². The molecule has 2 unspecified atom stereocenters. The third-order valence-electron chi connectivity index (χ3n) is 4.35. The average molecular weight is 481 g/mol. The number of rotatable bonds is 7. The van der Waals surface area contributed by atoms with Crippen molar-refractivity contribution in [2.75, 3.05) is 44.7 Å². The molecule has 0 aliphatic carbocycles. The van der Waals surface area contributed by atoms with Crippen LogP contribution in [0.2, 0.25) is 0 Å². The maximum Gasteiger partial charge on any atom is 0.310 e. The molecule has 1 fully saturated rings. The topological polar surface area (TPSA) is 73.3 Å². The highest BCUT2D eigenvalue weighted by Gasteiger charge is 2.30. The molecule has 1 heterocycles. The summed E-state index contributed by atoms with van der Waals surface area (Å²) >= 11 is 0.108. The Morgan fingerprint density at radius 3 is 2.40 bits per heavy atom. The quantitative estimate of drug-likeness (QED) is 0.365. The number of anilines is 1. The molecular weight excluding hydrogens is 457 g/mol. The van der Waals surface area contributed by atoms with Gasteiger partial charge in [-0.25, -0.2) is 9.22 Å². The van der Waals surface area contributed by atoms with Crippen molar-refractivity contribution in [1.82, 2.24) is 9.42 Å². The highest BCUT2D eigenvalue weighted by Crippen LogP contribution is 2.20. The largest absolute Gasteiger partial charge is 0.469 e. The molecule has 1 aromatic carbocycles. The first-order valence-corrected chi connectivity index (χ1v) is 10.3. The summed E-state index contributed by atoms with van der Waals surface area (Å²) in [4.78, 5) is 14.0. The van der Waals surface area contributed by atoms with E-state index in [9.17, 15) is 13.6 Å². The predicted molar refractivity (Wildman–Crippen MR) is 106 cm³/mol. The standard InChI is InChI=1S/C16H24IN3O4S/c1-3-13(16(21)24-2)12-20(25(22)23)19-10-8-18(9-11-19)15-6-4-14(17)5-7-15/h4-7,13H,3,8-12H2,1-2H3,(H,22,23). The number of hydrazine groups is 1. The highest BCUT2D eigenvalue weighted by molar-refractivity contribution is 14.1. The third kappa shape index (κ3) is 5.61. The van der Waals surface area contributed by atoms with E-state index in [0.29, 0.717) is 19.5 Å². The van der Waals surface area contributed by atoms with Gasteiger partial charge in [0.15, 0.2) is 0 Å². The maximum atomic E-state index is 11.8. The van der Waals surface area contributed by atoms with Gasteiger partial charge < -0.3 is 9.64 Å². The highest BCUT2D eigenvalue weighted by atomic mass is 127. The molecule has 0 aromatic heterocycles. The molecule has 9 heteroatoms. The zero-order chi connectivity index (χ0) is 18.4. The number of hydrogen-bond donors (Lipinski definition) is 1. The fourth-order valence-corrected chi connectivity index (χ4v) is 3.86. The van der Waals surface area contributed by atoms with Gasteiger partial charge in [-0.05, 0) is 53.3 Å². The Bertz CT molecular complexity index is 594. The van der Waals surface area contributed by atoms with Crippen LogP contribution >= 0.6 is 22.6 Å². The summed E-state index contributed by atoms with van der Waals surface area (Å²) in [5.41, 5.74) is 1.15. The van der Waals surface area contributed by atoms with E-state index in [1.807, 2.05) is 11.9 Å². The van der Waals surface area contributed by atoms with Crippen molar-refractivity contribution < 1.29 is 18.3 Å². The van der Waals surface area contributed by atoms with Crippen molar-refractivity contribution in [3.63, 3.8) is 0 Å². The Morgan fingerprint density at radius 1 is 1.32 bits per heavy atom. The first-order valence-electron chi connectivity index (χ1n) is 8.18. The minimum atomic E-state index is -2.17. The predicted octanol–water partition coefficient (Wildman–Crippen LogP) is 1.97. The van der Waals surface area contributed by atoms with Gasteiger partial charge in [0.2, 0.25) is 11.3 Å². The molecule has 1 aliphatic rings. The summed E-state index contributed by atoms with van der Waals surface area (Å²) in [5, 5.41) is 1.85. The molecule has 1 aliphatic heterocycles. The van der Waals surface area contributed by atoms with Crippen molar-refractivity contribution in [1.29, 1.82) is 0 Å². The van der Waals surface area contributed by atoms with E-state index in [4.69, 9.17) is 4.74 Å². The minimum Gasteiger partial charge on any atom is -0.469 e. The lowest BCUT2D eigenvalue weighted by atomic mass is 10.1. The molecule has 1 saturated heterocycles. The molecule has 2 atom stereocenters. The van der Waals surface area contributed by atoms with Crippen LogP contribution in [0.1, 0.15) is 13.3 Å². The Balaban J connectivity index is 1.98. The second-order valence-corrected chi connectivity index (χ2v) is 7.94. The van der Waals surface area contributed by atoms with E-state index >= 15 is 0 Å². The molecule has 0 spiro atoms. The van der Waals surface area contributed by atoms with Crippen LogP contribution in [0, 0.1) is 9.49 Å². The minimum absolute atomic E-state index is 0.176. The van der Waals surface area contributed by atoms with E-state index in [1.165, 1.54) is 15.1 Å². The Labute approximate surface area is 164 Å². The normalized spacial score (nSPS) is 18.2. The van der Waals surface area contributed by atoms with Gasteiger partial charge >= 0.3 is 5.97 Å². The number of benzene rings is 1. The molecule has 25 heavy (non-hydrogen) atoms. The smallest absolute Gasteiger partial charge is 0.310 e. The number of nitrogens with zero attached hydrogens (tertiary/aromatic N) is 3. The van der Waals surface area contributed by atoms with Crippen LogP contribution in [-0.4, -0.2) is 64.0 Å². The van der Waals surface area contributed by atoms with Gasteiger partial charge in [-0.15, -0.1) is 4.41 Å². The third-order valence-corrected chi connectivity index (χ3v) is 5.81. The zero-order valence-electron chi connectivity index (χ0n) is 14.4. The monoisotopic (exact) mass is 481 g/mol. The lowest BCUT2D eigenvalue weighted by Crippen LogP contribution is -2.55. The molecule has 0 bridgehead atoms. The fraction of sp³-hybridized carbons (Fsp3) is 0.562. The van der Waals surface area contributed by atoms with Gasteiger partial charge in [0.1, 0.15) is 0 Å². The number of carbonyl (C=O) groups excluding carboxylic acids is 1. The van der Waals surface area contributed by atoms with Crippen molar-refractivity contribution in [2.45, 2.75) is 13.3 Å². The van der Waals surface area contributed by atoms with E-state index in [0.717, 1.165) is 18.8 Å². The summed E-state index contributed by atoms with van der Waals surface area (Å²) < 4.78 is 28.8. The Hall–Kier alpha value is -0.750. The van der Waals surface area contributed by atoms with Crippen LogP contribution in [0.4, 0.5) is 5.69 Å². The van der Waals surface area contributed by atoms with Gasteiger partial charge in [0, 0.05) is 42.0 Å². The van der Waals surface area contributed by atoms with E-state index < -0.39 is 17.2 Å². The SMILES string of the molecule is CCC(CN(N1CCN(c2ccc(I)cc2)CC1)S(=O)O)C(=O)OC. The summed E-state index contributed by atoms with van der Waals surface area (Å²) in [6, 6.07) is 8.31. The lowest BCUT2D eigenvalue weighted by molar-refractivity contribution is -0.146. The molecule has 0 radical (unpaired) electrons. The van der Waals surface area contributed by atoms with Crippen molar-refractivity contribution in [3.05, 3.63) is 27.8 Å². The maximum absolute atomic E-state index is 11.8. The van der Waals surface area contributed by atoms with Crippen molar-refractivity contribution >= 4 is 45.5 Å². The van der Waals surface area contributed by atoms with Gasteiger partial charge in [-0.1, -0.05) is 6.92 Å². The summed E-state index contributed by atoms with van der Waals surface area (Å²) in [7, 11) is 1.34. The number of ether oxygens (including phenoxy) is 1. The molecular formula is C16H24IN3O4S. The van der Waals surface area contributed by atoms with Gasteiger partial charge in [-0.3, -0.25) is 9.35 Å². The molecule has 140 valence electrons. The fourth-order valence-electron chi connectivity index (χ4n) is 2.83. The van der Waals surface area contributed by atoms with Crippen molar-refractivity contribution in [2.24, 2.45) is 5.92 Å². The van der Waals surface area contributed by atoms with Crippen LogP contribution in [0.5, 0.6) is 0 Å². The number of methoxy groups -OCH3 is 1. The van der Waals surface area contributed by atoms with Gasteiger partial charge in [0.25, 0.3) is 0 Å². The van der Waals surface area contributed by atoms with E-state index in [-0.39, 0.29) is 12.5 Å². The number of piperazine rings is 1. The summed E-state index contributed by atoms with van der Waals surface area (Å²) in [6.45, 7) is 4.79. The molecule has 1 aromatic rings. The average Bonchev–Trinajstić information content (AvgIpc) is 2.62. The first kappa shape index (κ1) is 20.6. The van der Waals surface area contributed by atoms with Crippen LogP contribution in [0.15, 0.2) is 24.3 Å². The summed E-state index contributed by atoms with van der Waals surface area (Å²) in [5.74, 6) is -0.772. The molecule has 2 rings (SSSR count). The van der Waals surface area contributed by atoms with Crippen LogP contribution in [0.3, 0.4) is 0 Å². The van der Waals surface area contributed by atoms with Gasteiger partial charge in [0.05, 0.1) is 13.0 Å². The van der Waals surface area contributed by atoms with Crippen molar-refractivity contribution in [3.8, 4) is 0 Å². The number of carbonyl (C=O) groups is 1. The van der Waals surface area contributed by atoms with E-state index in [2.05, 4.69) is 51.8 Å². The van der Waals surface area contributed by atoms with Crippen LogP contribution in [0.25, 0.3) is 0 Å². The number of esters is 1. The van der Waals surface area contributed by atoms with Crippen LogP contribution < -0.4 is 4.90 Å². The molecule has 0 amide bonds. The molecule has 0 saturated carbocycles. The summed E-state index contributed by atoms with van der Waals surface area (Å²) in [6.07, 6.45) is 0.559. The molecule has 1 N–H and O–H groups in total. The zero-order valence-corrected chi connectivity index (χ0v) is 17.4. The first-order chi connectivity index (χ1) is 12.0.